The number of ether oxygens (including phenoxy) is 1. The molecule has 7 nitrogen and oxygen atoms in total. The van der Waals surface area contributed by atoms with Crippen molar-refractivity contribution in [1.29, 1.82) is 0 Å². The van der Waals surface area contributed by atoms with Gasteiger partial charge in [0, 0.05) is 25.1 Å². The summed E-state index contributed by atoms with van der Waals surface area (Å²) in [6.07, 6.45) is 3.32. The van der Waals surface area contributed by atoms with E-state index in [0.717, 1.165) is 15.5 Å². The molecule has 8 heteroatoms. The highest BCUT2D eigenvalue weighted by Gasteiger charge is 2.12. The van der Waals surface area contributed by atoms with Crippen LogP contribution < -0.4 is 5.73 Å². The van der Waals surface area contributed by atoms with Gasteiger partial charge >= 0.3 is 0 Å². The number of aromatic nitrogens is 5. The van der Waals surface area contributed by atoms with Crippen molar-refractivity contribution in [3.63, 3.8) is 0 Å². The number of nitrogens with zero attached hydrogens (tertiary/aromatic N) is 5. The molecule has 0 atom stereocenters. The number of nitrogen functional groups attached to an aromatic ring is 1. The summed E-state index contributed by atoms with van der Waals surface area (Å²) < 4.78 is 6.71. The lowest BCUT2D eigenvalue weighted by molar-refractivity contribution is 0.176. The number of rotatable bonds is 3. The summed E-state index contributed by atoms with van der Waals surface area (Å²) >= 11 is 1.43. The van der Waals surface area contributed by atoms with Crippen LogP contribution >= 0.6 is 11.3 Å². The van der Waals surface area contributed by atoms with Crippen LogP contribution in [-0.2, 0) is 11.3 Å². The van der Waals surface area contributed by atoms with Gasteiger partial charge in [-0.25, -0.2) is 0 Å². The number of nitrogens with two attached hydrogens (primary N) is 1. The predicted octanol–water partition coefficient (Wildman–Crippen LogP) is 0.976. The van der Waals surface area contributed by atoms with Crippen LogP contribution in [0.3, 0.4) is 0 Å². The van der Waals surface area contributed by atoms with Gasteiger partial charge in [0.15, 0.2) is 5.82 Å². The van der Waals surface area contributed by atoms with Crippen molar-refractivity contribution >= 4 is 22.0 Å². The minimum Gasteiger partial charge on any atom is -0.397 e. The molecule has 2 N–H and O–H groups in total. The van der Waals surface area contributed by atoms with Crippen molar-refractivity contribution in [3.05, 3.63) is 24.3 Å². The van der Waals surface area contributed by atoms with Crippen LogP contribution in [0, 0.1) is 0 Å². The van der Waals surface area contributed by atoms with E-state index in [1.165, 1.54) is 11.3 Å². The maximum atomic E-state index is 5.70. The zero-order valence-corrected chi connectivity index (χ0v) is 10.4. The number of methoxy groups -OCH3 is 1. The summed E-state index contributed by atoms with van der Waals surface area (Å²) in [5, 5.41) is 13.3. The van der Waals surface area contributed by atoms with Crippen LogP contribution in [0.2, 0.25) is 0 Å². The van der Waals surface area contributed by atoms with E-state index in [1.807, 2.05) is 6.07 Å². The first-order chi connectivity index (χ1) is 8.78. The van der Waals surface area contributed by atoms with E-state index in [1.54, 1.807) is 24.0 Å². The summed E-state index contributed by atoms with van der Waals surface area (Å²) in [7, 11) is 1.61. The second-order valence-electron chi connectivity index (χ2n) is 3.66. The highest BCUT2D eigenvalue weighted by atomic mass is 32.1. The Morgan fingerprint density at radius 3 is 3.06 bits per heavy atom. The van der Waals surface area contributed by atoms with Gasteiger partial charge in [-0.1, -0.05) is 11.3 Å². The van der Waals surface area contributed by atoms with E-state index >= 15 is 0 Å². The molecule has 3 heterocycles. The largest absolute Gasteiger partial charge is 0.397 e. The zero-order chi connectivity index (χ0) is 12.5. The lowest BCUT2D eigenvalue weighted by Gasteiger charge is -1.96. The summed E-state index contributed by atoms with van der Waals surface area (Å²) in [6, 6.07) is 1.83. The molecule has 0 unspecified atom stereocenters. The molecule has 0 radical (unpaired) electrons. The summed E-state index contributed by atoms with van der Waals surface area (Å²) in [5.74, 6) is 0.673. The molecule has 0 aromatic carbocycles. The van der Waals surface area contributed by atoms with Crippen molar-refractivity contribution in [1.82, 2.24) is 24.8 Å². The smallest absolute Gasteiger partial charge is 0.235 e. The van der Waals surface area contributed by atoms with Crippen LogP contribution in [0.4, 0.5) is 5.69 Å². The first-order valence-electron chi connectivity index (χ1n) is 5.19. The summed E-state index contributed by atoms with van der Waals surface area (Å²) in [6.45, 7) is 0.375. The van der Waals surface area contributed by atoms with Gasteiger partial charge in [-0.15, -0.1) is 10.2 Å². The van der Waals surface area contributed by atoms with Gasteiger partial charge in [0.1, 0.15) is 11.6 Å². The van der Waals surface area contributed by atoms with Crippen molar-refractivity contribution < 1.29 is 4.74 Å². The third-order valence-corrected chi connectivity index (χ3v) is 3.28. The predicted molar refractivity (Wildman–Crippen MR) is 67.0 cm³/mol. The van der Waals surface area contributed by atoms with Gasteiger partial charge in [0.25, 0.3) is 0 Å². The summed E-state index contributed by atoms with van der Waals surface area (Å²) in [4.78, 5) is 4.77. The Labute approximate surface area is 106 Å². The van der Waals surface area contributed by atoms with Gasteiger partial charge in [-0.2, -0.15) is 9.61 Å². The van der Waals surface area contributed by atoms with Crippen LogP contribution in [0.25, 0.3) is 15.5 Å². The molecule has 0 fully saturated rings. The van der Waals surface area contributed by atoms with Crippen LogP contribution in [-0.4, -0.2) is 31.9 Å². The fourth-order valence-electron chi connectivity index (χ4n) is 1.57. The normalized spacial score (nSPS) is 11.2. The van der Waals surface area contributed by atoms with Gasteiger partial charge in [-0.05, 0) is 6.07 Å². The maximum Gasteiger partial charge on any atom is 0.235 e. The lowest BCUT2D eigenvalue weighted by atomic mass is 10.3. The second kappa shape index (κ2) is 4.31. The quantitative estimate of drug-likeness (QED) is 0.756. The first kappa shape index (κ1) is 11.1. The Morgan fingerprint density at radius 2 is 2.28 bits per heavy atom. The third-order valence-electron chi connectivity index (χ3n) is 2.34. The molecule has 0 amide bonds. The Bertz CT molecular complexity index is 691. The zero-order valence-electron chi connectivity index (χ0n) is 9.57. The van der Waals surface area contributed by atoms with E-state index in [0.29, 0.717) is 18.1 Å². The molecule has 92 valence electrons. The van der Waals surface area contributed by atoms with Gasteiger partial charge < -0.3 is 10.5 Å². The molecule has 3 aromatic heterocycles. The topological polar surface area (TPSA) is 91.2 Å². The number of pyridine rings is 1. The van der Waals surface area contributed by atoms with Crippen LogP contribution in [0.1, 0.15) is 5.82 Å². The average Bonchev–Trinajstić information content (AvgIpc) is 2.92. The SMILES string of the molecule is COCc1nnc2sc(-c3cncc(N)c3)nn12. The van der Waals surface area contributed by atoms with Crippen LogP contribution in [0.15, 0.2) is 18.5 Å². The van der Waals surface area contributed by atoms with Gasteiger partial charge in [-0.3, -0.25) is 4.98 Å². The molecular formula is C10H10N6OS. The van der Waals surface area contributed by atoms with Crippen molar-refractivity contribution in [2.45, 2.75) is 6.61 Å². The van der Waals surface area contributed by atoms with E-state index in [9.17, 15) is 0 Å². The Hall–Kier alpha value is -2.06. The Kier molecular flexibility index (Phi) is 2.65. The molecule has 18 heavy (non-hydrogen) atoms. The second-order valence-corrected chi connectivity index (χ2v) is 4.61. The van der Waals surface area contributed by atoms with Crippen molar-refractivity contribution in [3.8, 4) is 10.6 Å². The van der Waals surface area contributed by atoms with Gasteiger partial charge in [0.2, 0.25) is 4.96 Å². The van der Waals surface area contributed by atoms with E-state index in [4.69, 9.17) is 10.5 Å². The first-order valence-corrected chi connectivity index (χ1v) is 6.00. The molecule has 0 aliphatic carbocycles. The van der Waals surface area contributed by atoms with E-state index < -0.39 is 0 Å². The number of hydrogen-bond donors (Lipinski definition) is 1. The van der Waals surface area contributed by atoms with Crippen molar-refractivity contribution in [2.75, 3.05) is 12.8 Å². The van der Waals surface area contributed by atoms with Crippen molar-refractivity contribution in [2.24, 2.45) is 0 Å². The Morgan fingerprint density at radius 1 is 1.39 bits per heavy atom. The number of hydrogen-bond acceptors (Lipinski definition) is 7. The maximum absolute atomic E-state index is 5.70. The molecule has 0 saturated carbocycles. The number of fused-ring (bicyclic) bond motifs is 1. The fraction of sp³-hybridized carbons (Fsp3) is 0.200. The molecule has 0 spiro atoms. The minimum absolute atomic E-state index is 0.375. The molecule has 0 aliphatic rings. The molecule has 0 bridgehead atoms. The summed E-state index contributed by atoms with van der Waals surface area (Å²) in [5.41, 5.74) is 7.18. The molecule has 3 rings (SSSR count). The highest BCUT2D eigenvalue weighted by molar-refractivity contribution is 7.19. The van der Waals surface area contributed by atoms with E-state index in [-0.39, 0.29) is 0 Å². The average molecular weight is 262 g/mol. The third kappa shape index (κ3) is 1.81. The Balaban J connectivity index is 2.08. The van der Waals surface area contributed by atoms with Crippen LogP contribution in [0.5, 0.6) is 0 Å². The monoisotopic (exact) mass is 262 g/mol. The lowest BCUT2D eigenvalue weighted by Crippen LogP contribution is -1.97. The number of anilines is 1. The molecular weight excluding hydrogens is 252 g/mol. The standard InChI is InChI=1S/C10H10N6OS/c1-17-5-8-13-14-10-16(8)15-9(18-10)6-2-7(11)4-12-3-6/h2-4H,5,11H2,1H3. The molecule has 3 aromatic rings. The molecule has 0 saturated heterocycles. The highest BCUT2D eigenvalue weighted by Crippen LogP contribution is 2.25. The minimum atomic E-state index is 0.375. The molecule has 0 aliphatic heterocycles. The van der Waals surface area contributed by atoms with E-state index in [2.05, 4.69) is 20.3 Å². The fourth-order valence-corrected chi connectivity index (χ4v) is 2.41. The van der Waals surface area contributed by atoms with Gasteiger partial charge in [0.05, 0.1) is 5.69 Å².